The third-order valence-corrected chi connectivity index (χ3v) is 6.18. The molecule has 4 aromatic rings. The van der Waals surface area contributed by atoms with Crippen LogP contribution >= 0.6 is 11.6 Å². The Kier molecular flexibility index (Phi) is 6.69. The number of rotatable bonds is 5. The zero-order valence-electron chi connectivity index (χ0n) is 19.5. The molecule has 0 spiro atoms. The molecule has 1 aliphatic heterocycles. The molecule has 5 nitrogen and oxygen atoms in total. The molecule has 0 aliphatic carbocycles. The number of nitrogens with zero attached hydrogens (tertiary/aromatic N) is 2. The SMILES string of the molecule is Cc1ccc(Oc2ccc(NC(=O)N3CC(c4ccc(F)cc4)C(c4ccc(Cl)cc4)=N3)cc2)cc1. The Morgan fingerprint density at radius 3 is 2.17 bits per heavy atom. The highest BCUT2D eigenvalue weighted by atomic mass is 35.5. The van der Waals surface area contributed by atoms with Crippen molar-refractivity contribution in [2.24, 2.45) is 5.10 Å². The average molecular weight is 500 g/mol. The van der Waals surface area contributed by atoms with Gasteiger partial charge in [0.15, 0.2) is 0 Å². The molecule has 0 saturated heterocycles. The van der Waals surface area contributed by atoms with Crippen LogP contribution in [0.3, 0.4) is 0 Å². The number of hydrazone groups is 1. The fraction of sp³-hybridized carbons (Fsp3) is 0.103. The Bertz CT molecular complexity index is 1390. The summed E-state index contributed by atoms with van der Waals surface area (Å²) in [4.78, 5) is 13.1. The van der Waals surface area contributed by atoms with Gasteiger partial charge >= 0.3 is 6.03 Å². The van der Waals surface area contributed by atoms with Crippen LogP contribution < -0.4 is 10.1 Å². The number of aryl methyl sites for hydroxylation is 1. The number of nitrogens with one attached hydrogen (secondary N) is 1. The highest BCUT2D eigenvalue weighted by Gasteiger charge is 2.32. The predicted molar refractivity (Wildman–Crippen MR) is 141 cm³/mol. The number of halogens is 2. The van der Waals surface area contributed by atoms with Crippen molar-refractivity contribution in [1.29, 1.82) is 0 Å². The normalized spacial score (nSPS) is 14.9. The monoisotopic (exact) mass is 499 g/mol. The number of urea groups is 1. The lowest BCUT2D eigenvalue weighted by molar-refractivity contribution is 0.218. The second kappa shape index (κ2) is 10.2. The van der Waals surface area contributed by atoms with Crippen LogP contribution in [-0.2, 0) is 0 Å². The zero-order valence-corrected chi connectivity index (χ0v) is 20.2. The first-order valence-electron chi connectivity index (χ1n) is 11.5. The molecule has 180 valence electrons. The van der Waals surface area contributed by atoms with E-state index in [1.54, 1.807) is 48.5 Å². The van der Waals surface area contributed by atoms with Crippen LogP contribution in [0.2, 0.25) is 5.02 Å². The maximum Gasteiger partial charge on any atom is 0.342 e. The minimum absolute atomic E-state index is 0.206. The van der Waals surface area contributed by atoms with E-state index in [0.717, 1.165) is 28.2 Å². The number of anilines is 1. The molecule has 0 aromatic heterocycles. The summed E-state index contributed by atoms with van der Waals surface area (Å²) in [5, 5.41) is 9.52. The van der Waals surface area contributed by atoms with E-state index in [2.05, 4.69) is 10.4 Å². The maximum atomic E-state index is 13.5. The third-order valence-electron chi connectivity index (χ3n) is 5.92. The van der Waals surface area contributed by atoms with Gasteiger partial charge in [-0.1, -0.05) is 53.6 Å². The first kappa shape index (κ1) is 23.6. The summed E-state index contributed by atoms with van der Waals surface area (Å²) in [5.41, 5.74) is 4.21. The largest absolute Gasteiger partial charge is 0.457 e. The van der Waals surface area contributed by atoms with Gasteiger partial charge in [-0.3, -0.25) is 0 Å². The molecule has 0 radical (unpaired) electrons. The molecule has 1 aliphatic rings. The highest BCUT2D eigenvalue weighted by Crippen LogP contribution is 2.30. The van der Waals surface area contributed by atoms with E-state index < -0.39 is 0 Å². The summed E-state index contributed by atoms with van der Waals surface area (Å²) in [6, 6.07) is 28.1. The van der Waals surface area contributed by atoms with Crippen molar-refractivity contribution >= 4 is 29.0 Å². The second-order valence-electron chi connectivity index (χ2n) is 8.55. The minimum atomic E-state index is -0.363. The number of carbonyl (C=O) groups excluding carboxylic acids is 1. The molecule has 2 amide bonds. The van der Waals surface area contributed by atoms with Crippen molar-refractivity contribution < 1.29 is 13.9 Å². The molecule has 1 N–H and O–H groups in total. The topological polar surface area (TPSA) is 53.9 Å². The fourth-order valence-electron chi connectivity index (χ4n) is 4.00. The Balaban J connectivity index is 1.32. The van der Waals surface area contributed by atoms with Crippen molar-refractivity contribution in [3.8, 4) is 11.5 Å². The third kappa shape index (κ3) is 5.39. The van der Waals surface area contributed by atoms with Crippen LogP contribution in [0.4, 0.5) is 14.9 Å². The van der Waals surface area contributed by atoms with Crippen molar-refractivity contribution in [3.05, 3.63) is 125 Å². The molecular weight excluding hydrogens is 477 g/mol. The Morgan fingerprint density at radius 1 is 0.917 bits per heavy atom. The smallest absolute Gasteiger partial charge is 0.342 e. The molecule has 1 unspecified atom stereocenters. The number of hydrogen-bond donors (Lipinski definition) is 1. The number of amides is 2. The van der Waals surface area contributed by atoms with Gasteiger partial charge < -0.3 is 10.1 Å². The Morgan fingerprint density at radius 2 is 1.53 bits per heavy atom. The molecule has 1 heterocycles. The van der Waals surface area contributed by atoms with Crippen molar-refractivity contribution in [2.75, 3.05) is 11.9 Å². The molecule has 0 fully saturated rings. The summed E-state index contributed by atoms with van der Waals surface area (Å²) in [6.45, 7) is 2.34. The van der Waals surface area contributed by atoms with Gasteiger partial charge in [0.25, 0.3) is 0 Å². The Labute approximate surface area is 213 Å². The van der Waals surface area contributed by atoms with Crippen LogP contribution in [-0.4, -0.2) is 23.3 Å². The fourth-order valence-corrected chi connectivity index (χ4v) is 4.13. The molecule has 1 atom stereocenters. The minimum Gasteiger partial charge on any atom is -0.457 e. The molecular formula is C29H23ClFN3O2. The molecule has 4 aromatic carbocycles. The zero-order chi connectivity index (χ0) is 25.1. The van der Waals surface area contributed by atoms with Gasteiger partial charge in [-0.25, -0.2) is 14.2 Å². The Hall–Kier alpha value is -4.16. The first-order chi connectivity index (χ1) is 17.4. The summed E-state index contributed by atoms with van der Waals surface area (Å²) < 4.78 is 19.4. The van der Waals surface area contributed by atoms with Gasteiger partial charge in [-0.05, 0) is 78.7 Å². The standard InChI is InChI=1S/C29H23ClFN3O2/c1-19-2-14-25(15-3-19)36-26-16-12-24(13-17-26)32-29(35)34-18-27(20-6-10-23(31)11-7-20)28(33-34)21-4-8-22(30)9-5-21/h2-17,27H,18H2,1H3,(H,32,35). The second-order valence-corrected chi connectivity index (χ2v) is 8.98. The van der Waals surface area contributed by atoms with Crippen LogP contribution in [0, 0.1) is 12.7 Å². The van der Waals surface area contributed by atoms with Crippen molar-refractivity contribution in [1.82, 2.24) is 5.01 Å². The molecule has 5 rings (SSSR count). The lowest BCUT2D eigenvalue weighted by atomic mass is 9.90. The number of hydrogen-bond acceptors (Lipinski definition) is 3. The summed E-state index contributed by atoms with van der Waals surface area (Å²) >= 11 is 6.06. The van der Waals surface area contributed by atoms with Gasteiger partial charge in [0.05, 0.1) is 12.3 Å². The summed E-state index contributed by atoms with van der Waals surface area (Å²) in [6.07, 6.45) is 0. The highest BCUT2D eigenvalue weighted by molar-refractivity contribution is 6.30. The average Bonchev–Trinajstić information content (AvgIpc) is 3.33. The van der Waals surface area contributed by atoms with E-state index >= 15 is 0 Å². The number of benzene rings is 4. The molecule has 0 saturated carbocycles. The van der Waals surface area contributed by atoms with Crippen molar-refractivity contribution in [2.45, 2.75) is 12.8 Å². The maximum absolute atomic E-state index is 13.5. The van der Waals surface area contributed by atoms with E-state index in [-0.39, 0.29) is 17.8 Å². The molecule has 7 heteroatoms. The van der Waals surface area contributed by atoms with Gasteiger partial charge in [0.2, 0.25) is 0 Å². The van der Waals surface area contributed by atoms with Crippen LogP contribution in [0.15, 0.2) is 102 Å². The lowest BCUT2D eigenvalue weighted by Gasteiger charge is -2.16. The van der Waals surface area contributed by atoms with Gasteiger partial charge in [-0.2, -0.15) is 5.10 Å². The number of ether oxygens (including phenoxy) is 1. The molecule has 36 heavy (non-hydrogen) atoms. The van der Waals surface area contributed by atoms with E-state index in [9.17, 15) is 9.18 Å². The van der Waals surface area contributed by atoms with Gasteiger partial charge in [0.1, 0.15) is 17.3 Å². The summed E-state index contributed by atoms with van der Waals surface area (Å²) in [5.74, 6) is 0.886. The van der Waals surface area contributed by atoms with E-state index in [1.165, 1.54) is 17.1 Å². The van der Waals surface area contributed by atoms with Gasteiger partial charge in [0, 0.05) is 16.6 Å². The van der Waals surface area contributed by atoms with E-state index in [1.807, 2.05) is 43.3 Å². The van der Waals surface area contributed by atoms with Gasteiger partial charge in [-0.15, -0.1) is 0 Å². The number of carbonyl (C=O) groups is 1. The van der Waals surface area contributed by atoms with Crippen LogP contribution in [0.25, 0.3) is 0 Å². The first-order valence-corrected chi connectivity index (χ1v) is 11.9. The summed E-state index contributed by atoms with van der Waals surface area (Å²) in [7, 11) is 0. The van der Waals surface area contributed by atoms with Crippen LogP contribution in [0.1, 0.15) is 22.6 Å². The molecule has 0 bridgehead atoms. The predicted octanol–water partition coefficient (Wildman–Crippen LogP) is 7.62. The lowest BCUT2D eigenvalue weighted by Crippen LogP contribution is -2.30. The van der Waals surface area contributed by atoms with E-state index in [4.69, 9.17) is 16.3 Å². The van der Waals surface area contributed by atoms with Crippen LogP contribution in [0.5, 0.6) is 11.5 Å². The van der Waals surface area contributed by atoms with Crippen molar-refractivity contribution in [3.63, 3.8) is 0 Å². The quantitative estimate of drug-likeness (QED) is 0.307. The van der Waals surface area contributed by atoms with E-state index in [0.29, 0.717) is 23.0 Å².